The largest absolute Gasteiger partial charge is 0.371 e. The number of nitrogens with zero attached hydrogens (tertiary/aromatic N) is 2. The van der Waals surface area contributed by atoms with Gasteiger partial charge in [-0.25, -0.2) is 0 Å². The molecule has 1 unspecified atom stereocenters. The standard InChI is InChI=1S/C25H29N3/c1-20(17-21-7-6-14-26-19-21)27-24-12-15-28(16-13-24)25-11-5-10-23(18-25)22-8-3-2-4-9-22/h2-11,14,18-20,24,27H,12-13,15-17H2,1H3. The summed E-state index contributed by atoms with van der Waals surface area (Å²) in [5, 5.41) is 3.82. The molecular weight excluding hydrogens is 342 g/mol. The highest BCUT2D eigenvalue weighted by atomic mass is 15.1. The predicted molar refractivity (Wildman–Crippen MR) is 118 cm³/mol. The van der Waals surface area contributed by atoms with E-state index < -0.39 is 0 Å². The second-order valence-corrected chi connectivity index (χ2v) is 7.81. The van der Waals surface area contributed by atoms with Gasteiger partial charge in [-0.3, -0.25) is 4.98 Å². The summed E-state index contributed by atoms with van der Waals surface area (Å²) in [4.78, 5) is 6.75. The molecule has 1 atom stereocenters. The lowest BCUT2D eigenvalue weighted by atomic mass is 10.0. The molecule has 2 heterocycles. The Morgan fingerprint density at radius 1 is 0.964 bits per heavy atom. The topological polar surface area (TPSA) is 28.2 Å². The van der Waals surface area contributed by atoms with E-state index in [2.05, 4.69) is 82.8 Å². The summed E-state index contributed by atoms with van der Waals surface area (Å²) < 4.78 is 0. The number of anilines is 1. The highest BCUT2D eigenvalue weighted by Crippen LogP contribution is 2.26. The maximum atomic E-state index is 4.22. The van der Waals surface area contributed by atoms with Gasteiger partial charge in [0.15, 0.2) is 0 Å². The van der Waals surface area contributed by atoms with Crippen LogP contribution in [0.5, 0.6) is 0 Å². The molecule has 144 valence electrons. The van der Waals surface area contributed by atoms with E-state index in [-0.39, 0.29) is 0 Å². The fraction of sp³-hybridized carbons (Fsp3) is 0.320. The van der Waals surface area contributed by atoms with Crippen LogP contribution in [0, 0.1) is 0 Å². The summed E-state index contributed by atoms with van der Waals surface area (Å²) >= 11 is 0. The van der Waals surface area contributed by atoms with Gasteiger partial charge in [0.1, 0.15) is 0 Å². The lowest BCUT2D eigenvalue weighted by Crippen LogP contribution is -2.46. The van der Waals surface area contributed by atoms with Crippen LogP contribution in [0.15, 0.2) is 79.1 Å². The average Bonchev–Trinajstić information content (AvgIpc) is 2.76. The van der Waals surface area contributed by atoms with Gasteiger partial charge in [-0.05, 0) is 61.1 Å². The zero-order chi connectivity index (χ0) is 19.2. The van der Waals surface area contributed by atoms with Crippen LogP contribution in [0.3, 0.4) is 0 Å². The lowest BCUT2D eigenvalue weighted by molar-refractivity contribution is 0.375. The fourth-order valence-corrected chi connectivity index (χ4v) is 4.15. The van der Waals surface area contributed by atoms with Gasteiger partial charge in [0, 0.05) is 43.3 Å². The van der Waals surface area contributed by atoms with Crippen molar-refractivity contribution in [3.63, 3.8) is 0 Å². The number of hydrogen-bond donors (Lipinski definition) is 1. The van der Waals surface area contributed by atoms with Gasteiger partial charge < -0.3 is 10.2 Å². The number of pyridine rings is 1. The van der Waals surface area contributed by atoms with Crippen molar-refractivity contribution in [2.75, 3.05) is 18.0 Å². The summed E-state index contributed by atoms with van der Waals surface area (Å²) in [6.45, 7) is 4.49. The third-order valence-corrected chi connectivity index (χ3v) is 5.60. The van der Waals surface area contributed by atoms with Crippen molar-refractivity contribution in [3.8, 4) is 11.1 Å². The Morgan fingerprint density at radius 3 is 2.50 bits per heavy atom. The van der Waals surface area contributed by atoms with Crippen molar-refractivity contribution in [1.82, 2.24) is 10.3 Å². The molecule has 4 rings (SSSR count). The SMILES string of the molecule is CC(Cc1cccnc1)NC1CCN(c2cccc(-c3ccccc3)c2)CC1. The summed E-state index contributed by atoms with van der Waals surface area (Å²) in [5.41, 5.74) is 5.22. The van der Waals surface area contributed by atoms with Gasteiger partial charge >= 0.3 is 0 Å². The number of aromatic nitrogens is 1. The van der Waals surface area contributed by atoms with Gasteiger partial charge in [-0.1, -0.05) is 48.5 Å². The summed E-state index contributed by atoms with van der Waals surface area (Å²) in [7, 11) is 0. The van der Waals surface area contributed by atoms with Crippen LogP contribution in [-0.4, -0.2) is 30.2 Å². The number of nitrogens with one attached hydrogen (secondary N) is 1. The number of benzene rings is 2. The van der Waals surface area contributed by atoms with Gasteiger partial charge in [-0.15, -0.1) is 0 Å². The molecule has 28 heavy (non-hydrogen) atoms. The fourth-order valence-electron chi connectivity index (χ4n) is 4.15. The Bertz CT molecular complexity index is 855. The highest BCUT2D eigenvalue weighted by molar-refractivity contribution is 5.68. The monoisotopic (exact) mass is 371 g/mol. The maximum Gasteiger partial charge on any atom is 0.0372 e. The van der Waals surface area contributed by atoms with Crippen LogP contribution in [0.1, 0.15) is 25.3 Å². The van der Waals surface area contributed by atoms with Crippen LogP contribution < -0.4 is 10.2 Å². The summed E-state index contributed by atoms with van der Waals surface area (Å²) in [6.07, 6.45) is 7.22. The number of hydrogen-bond acceptors (Lipinski definition) is 3. The number of piperidine rings is 1. The van der Waals surface area contributed by atoms with Crippen LogP contribution >= 0.6 is 0 Å². The van der Waals surface area contributed by atoms with E-state index in [9.17, 15) is 0 Å². The van der Waals surface area contributed by atoms with Crippen molar-refractivity contribution >= 4 is 5.69 Å². The molecule has 1 aromatic heterocycles. The van der Waals surface area contributed by atoms with Crippen molar-refractivity contribution in [3.05, 3.63) is 84.7 Å². The molecule has 0 spiro atoms. The second-order valence-electron chi connectivity index (χ2n) is 7.81. The van der Waals surface area contributed by atoms with Crippen molar-refractivity contribution in [1.29, 1.82) is 0 Å². The molecule has 1 N–H and O–H groups in total. The Kier molecular flexibility index (Phi) is 6.03. The van der Waals surface area contributed by atoms with E-state index in [0.29, 0.717) is 12.1 Å². The summed E-state index contributed by atoms with van der Waals surface area (Å²) in [5.74, 6) is 0. The molecule has 0 bridgehead atoms. The number of rotatable bonds is 6. The summed E-state index contributed by atoms with van der Waals surface area (Å²) in [6, 6.07) is 24.8. The van der Waals surface area contributed by atoms with Crippen LogP contribution in [0.4, 0.5) is 5.69 Å². The minimum atomic E-state index is 0.474. The normalized spacial score (nSPS) is 16.1. The lowest BCUT2D eigenvalue weighted by Gasteiger charge is -2.35. The molecule has 1 aliphatic heterocycles. The third-order valence-electron chi connectivity index (χ3n) is 5.60. The Hall–Kier alpha value is -2.65. The van der Waals surface area contributed by atoms with E-state index in [0.717, 1.165) is 19.5 Å². The Labute approximate surface area is 168 Å². The molecule has 0 amide bonds. The average molecular weight is 372 g/mol. The van der Waals surface area contributed by atoms with Crippen LogP contribution in [0.2, 0.25) is 0 Å². The van der Waals surface area contributed by atoms with E-state index in [1.807, 2.05) is 18.5 Å². The zero-order valence-electron chi connectivity index (χ0n) is 16.6. The molecule has 3 aromatic rings. The van der Waals surface area contributed by atoms with Gasteiger partial charge in [0.25, 0.3) is 0 Å². The molecule has 0 saturated carbocycles. The minimum Gasteiger partial charge on any atom is -0.371 e. The third kappa shape index (κ3) is 4.79. The smallest absolute Gasteiger partial charge is 0.0372 e. The van der Waals surface area contributed by atoms with Crippen molar-refractivity contribution < 1.29 is 0 Å². The first-order valence-electron chi connectivity index (χ1n) is 10.3. The highest BCUT2D eigenvalue weighted by Gasteiger charge is 2.21. The first kappa shape index (κ1) is 18.7. The molecular formula is C25H29N3. The first-order valence-corrected chi connectivity index (χ1v) is 10.3. The molecule has 0 radical (unpaired) electrons. The quantitative estimate of drug-likeness (QED) is 0.665. The Balaban J connectivity index is 1.32. The minimum absolute atomic E-state index is 0.474. The molecule has 0 aliphatic carbocycles. The molecule has 2 aromatic carbocycles. The van der Waals surface area contributed by atoms with Gasteiger partial charge in [0.2, 0.25) is 0 Å². The van der Waals surface area contributed by atoms with Crippen LogP contribution in [0.25, 0.3) is 11.1 Å². The first-order chi connectivity index (χ1) is 13.8. The van der Waals surface area contributed by atoms with Gasteiger partial charge in [0.05, 0.1) is 0 Å². The predicted octanol–water partition coefficient (Wildman–Crippen LogP) is 4.94. The van der Waals surface area contributed by atoms with E-state index in [1.165, 1.54) is 35.2 Å². The van der Waals surface area contributed by atoms with Gasteiger partial charge in [-0.2, -0.15) is 0 Å². The maximum absolute atomic E-state index is 4.22. The van der Waals surface area contributed by atoms with E-state index in [4.69, 9.17) is 0 Å². The van der Waals surface area contributed by atoms with Crippen molar-refractivity contribution in [2.24, 2.45) is 0 Å². The van der Waals surface area contributed by atoms with E-state index in [1.54, 1.807) is 0 Å². The molecule has 3 heteroatoms. The molecule has 3 nitrogen and oxygen atoms in total. The molecule has 1 fully saturated rings. The second kappa shape index (κ2) is 9.03. The Morgan fingerprint density at radius 2 is 1.75 bits per heavy atom. The van der Waals surface area contributed by atoms with E-state index >= 15 is 0 Å². The zero-order valence-corrected chi connectivity index (χ0v) is 16.6. The molecule has 1 aliphatic rings. The van der Waals surface area contributed by atoms with Crippen molar-refractivity contribution in [2.45, 2.75) is 38.3 Å². The molecule has 1 saturated heterocycles. The van der Waals surface area contributed by atoms with Crippen LogP contribution in [-0.2, 0) is 6.42 Å².